The number of nitrogens with one attached hydrogen (secondary N) is 1. The summed E-state index contributed by atoms with van der Waals surface area (Å²) < 4.78 is 8.45. The minimum Gasteiger partial charge on any atom is -0.440 e. The van der Waals surface area contributed by atoms with E-state index in [1.807, 2.05) is 6.20 Å². The van der Waals surface area contributed by atoms with E-state index in [1.165, 1.54) is 9.40 Å². The average Bonchev–Trinajstić information content (AvgIpc) is 3.01. The van der Waals surface area contributed by atoms with Crippen molar-refractivity contribution in [3.63, 3.8) is 0 Å². The van der Waals surface area contributed by atoms with Gasteiger partial charge in [-0.15, -0.1) is 22.7 Å². The highest BCUT2D eigenvalue weighted by Crippen LogP contribution is 2.36. The maximum absolute atomic E-state index is 5.81. The quantitative estimate of drug-likeness (QED) is 0.767. The van der Waals surface area contributed by atoms with Crippen LogP contribution < -0.4 is 5.32 Å². The molecule has 3 heterocycles. The molecular formula is C14H16N2OS2. The fraction of sp³-hybridized carbons (Fsp3) is 0.357. The van der Waals surface area contributed by atoms with Crippen molar-refractivity contribution in [3.05, 3.63) is 29.6 Å². The van der Waals surface area contributed by atoms with Crippen LogP contribution in [0.2, 0.25) is 0 Å². The largest absolute Gasteiger partial charge is 0.440 e. The molecule has 0 unspecified atom stereocenters. The molecule has 1 N–H and O–H groups in total. The summed E-state index contributed by atoms with van der Waals surface area (Å²) in [6.07, 6.45) is 2.66. The van der Waals surface area contributed by atoms with E-state index in [9.17, 15) is 0 Å². The predicted octanol–water partition coefficient (Wildman–Crippen LogP) is 4.16. The molecule has 3 aromatic heterocycles. The standard InChI is InChI=1S/C14H16N2OS2/c1-9(2)15-5-3-14-16-8-10(17-14)12-7-13-11(19-12)4-6-18-13/h4,6-9,15H,3,5H2,1-2H3. The zero-order chi connectivity index (χ0) is 13.2. The van der Waals surface area contributed by atoms with E-state index in [0.717, 1.165) is 29.5 Å². The molecule has 0 aromatic carbocycles. The van der Waals surface area contributed by atoms with Crippen LogP contribution in [0.15, 0.2) is 28.1 Å². The summed E-state index contributed by atoms with van der Waals surface area (Å²) in [5.74, 6) is 1.69. The number of thiophene rings is 2. The zero-order valence-corrected chi connectivity index (χ0v) is 12.6. The van der Waals surface area contributed by atoms with Crippen molar-refractivity contribution < 1.29 is 4.42 Å². The maximum Gasteiger partial charge on any atom is 0.196 e. The van der Waals surface area contributed by atoms with Gasteiger partial charge in [-0.3, -0.25) is 0 Å². The summed E-state index contributed by atoms with van der Waals surface area (Å²) >= 11 is 3.53. The molecule has 0 radical (unpaired) electrons. The first-order chi connectivity index (χ1) is 9.22. The zero-order valence-electron chi connectivity index (χ0n) is 11.0. The van der Waals surface area contributed by atoms with E-state index in [4.69, 9.17) is 4.42 Å². The average molecular weight is 292 g/mol. The van der Waals surface area contributed by atoms with Gasteiger partial charge in [0.25, 0.3) is 0 Å². The Morgan fingerprint density at radius 2 is 2.26 bits per heavy atom. The second-order valence-corrected chi connectivity index (χ2v) is 6.77. The van der Waals surface area contributed by atoms with Gasteiger partial charge in [0.1, 0.15) is 0 Å². The van der Waals surface area contributed by atoms with Gasteiger partial charge in [-0.25, -0.2) is 4.98 Å². The first-order valence-electron chi connectivity index (χ1n) is 6.38. The molecular weight excluding hydrogens is 276 g/mol. The third kappa shape index (κ3) is 2.88. The lowest BCUT2D eigenvalue weighted by Gasteiger charge is -2.05. The molecule has 0 saturated heterocycles. The van der Waals surface area contributed by atoms with Gasteiger partial charge < -0.3 is 9.73 Å². The Labute approximate surface area is 120 Å². The second-order valence-electron chi connectivity index (χ2n) is 4.74. The molecule has 0 aliphatic heterocycles. The molecule has 19 heavy (non-hydrogen) atoms. The number of aromatic nitrogens is 1. The Morgan fingerprint density at radius 1 is 1.37 bits per heavy atom. The van der Waals surface area contributed by atoms with Crippen LogP contribution in [0.4, 0.5) is 0 Å². The van der Waals surface area contributed by atoms with Gasteiger partial charge in [0, 0.05) is 28.4 Å². The highest BCUT2D eigenvalue weighted by molar-refractivity contribution is 7.28. The van der Waals surface area contributed by atoms with E-state index in [-0.39, 0.29) is 0 Å². The lowest BCUT2D eigenvalue weighted by atomic mass is 10.3. The molecule has 0 bridgehead atoms. The third-order valence-corrected chi connectivity index (χ3v) is 4.94. The van der Waals surface area contributed by atoms with Crippen molar-refractivity contribution in [3.8, 4) is 10.6 Å². The van der Waals surface area contributed by atoms with Crippen LogP contribution in [-0.2, 0) is 6.42 Å². The Balaban J connectivity index is 1.72. The SMILES string of the molecule is CC(C)NCCc1ncc(-c2cc3sccc3s2)o1. The van der Waals surface area contributed by atoms with E-state index in [1.54, 1.807) is 22.7 Å². The number of fused-ring (bicyclic) bond motifs is 1. The van der Waals surface area contributed by atoms with Gasteiger partial charge in [0.05, 0.1) is 11.1 Å². The summed E-state index contributed by atoms with van der Waals surface area (Å²) in [5, 5.41) is 5.48. The van der Waals surface area contributed by atoms with E-state index in [2.05, 4.69) is 41.7 Å². The lowest BCUT2D eigenvalue weighted by Crippen LogP contribution is -2.24. The first-order valence-corrected chi connectivity index (χ1v) is 8.07. The highest BCUT2D eigenvalue weighted by Gasteiger charge is 2.10. The monoisotopic (exact) mass is 292 g/mol. The van der Waals surface area contributed by atoms with Crippen LogP contribution in [0, 0.1) is 0 Å². The van der Waals surface area contributed by atoms with Crippen LogP contribution >= 0.6 is 22.7 Å². The van der Waals surface area contributed by atoms with Crippen LogP contribution in [-0.4, -0.2) is 17.6 Å². The van der Waals surface area contributed by atoms with Gasteiger partial charge in [0.2, 0.25) is 0 Å². The molecule has 3 rings (SSSR count). The summed E-state index contributed by atoms with van der Waals surface area (Å²) in [4.78, 5) is 5.51. The van der Waals surface area contributed by atoms with Crippen molar-refractivity contribution in [2.45, 2.75) is 26.3 Å². The van der Waals surface area contributed by atoms with Crippen molar-refractivity contribution >= 4 is 32.1 Å². The van der Waals surface area contributed by atoms with Crippen molar-refractivity contribution in [1.29, 1.82) is 0 Å². The van der Waals surface area contributed by atoms with Crippen LogP contribution in [0.1, 0.15) is 19.7 Å². The van der Waals surface area contributed by atoms with Gasteiger partial charge in [-0.2, -0.15) is 0 Å². The fourth-order valence-corrected chi connectivity index (χ4v) is 3.95. The van der Waals surface area contributed by atoms with E-state index < -0.39 is 0 Å². The molecule has 0 fully saturated rings. The molecule has 0 aliphatic rings. The van der Waals surface area contributed by atoms with E-state index >= 15 is 0 Å². The Hall–Kier alpha value is -1.17. The molecule has 0 amide bonds. The lowest BCUT2D eigenvalue weighted by molar-refractivity contribution is 0.485. The predicted molar refractivity (Wildman–Crippen MR) is 82.0 cm³/mol. The summed E-state index contributed by atoms with van der Waals surface area (Å²) in [5.41, 5.74) is 0. The molecule has 3 aromatic rings. The van der Waals surface area contributed by atoms with Crippen LogP contribution in [0.5, 0.6) is 0 Å². The molecule has 100 valence electrons. The van der Waals surface area contributed by atoms with E-state index in [0.29, 0.717) is 6.04 Å². The summed E-state index contributed by atoms with van der Waals surface area (Å²) in [6, 6.07) is 4.83. The molecule has 3 nitrogen and oxygen atoms in total. The van der Waals surface area contributed by atoms with Crippen LogP contribution in [0.25, 0.3) is 20.0 Å². The van der Waals surface area contributed by atoms with Crippen molar-refractivity contribution in [1.82, 2.24) is 10.3 Å². The van der Waals surface area contributed by atoms with Gasteiger partial charge in [0.15, 0.2) is 11.7 Å². The molecule has 0 spiro atoms. The molecule has 5 heteroatoms. The van der Waals surface area contributed by atoms with Gasteiger partial charge in [-0.05, 0) is 17.5 Å². The van der Waals surface area contributed by atoms with Crippen molar-refractivity contribution in [2.24, 2.45) is 0 Å². The minimum atomic E-state index is 0.499. The number of rotatable bonds is 5. The minimum absolute atomic E-state index is 0.499. The number of hydrogen-bond donors (Lipinski definition) is 1. The maximum atomic E-state index is 5.81. The Kier molecular flexibility index (Phi) is 3.68. The first kappa shape index (κ1) is 12.8. The molecule has 0 atom stereocenters. The fourth-order valence-electron chi connectivity index (χ4n) is 1.89. The normalized spacial score (nSPS) is 11.7. The van der Waals surface area contributed by atoms with Crippen molar-refractivity contribution in [2.75, 3.05) is 6.54 Å². The highest BCUT2D eigenvalue weighted by atomic mass is 32.1. The summed E-state index contributed by atoms with van der Waals surface area (Å²) in [7, 11) is 0. The van der Waals surface area contributed by atoms with Gasteiger partial charge >= 0.3 is 0 Å². The van der Waals surface area contributed by atoms with Crippen LogP contribution in [0.3, 0.4) is 0 Å². The number of hydrogen-bond acceptors (Lipinski definition) is 5. The second kappa shape index (κ2) is 5.45. The summed E-state index contributed by atoms with van der Waals surface area (Å²) in [6.45, 7) is 5.18. The Bertz CT molecular complexity index is 637. The molecule has 0 aliphatic carbocycles. The third-order valence-electron chi connectivity index (χ3n) is 2.83. The van der Waals surface area contributed by atoms with Gasteiger partial charge in [-0.1, -0.05) is 13.8 Å². The topological polar surface area (TPSA) is 38.1 Å². The Morgan fingerprint density at radius 3 is 3.05 bits per heavy atom. The smallest absolute Gasteiger partial charge is 0.196 e. The number of nitrogens with zero attached hydrogens (tertiary/aromatic N) is 1. The number of oxazole rings is 1. The molecule has 0 saturated carbocycles.